The third-order valence-electron chi connectivity index (χ3n) is 2.92. The molecule has 21 heavy (non-hydrogen) atoms. The van der Waals surface area contributed by atoms with E-state index in [9.17, 15) is 4.79 Å². The van der Waals surface area contributed by atoms with E-state index in [-0.39, 0.29) is 11.8 Å². The van der Waals surface area contributed by atoms with Crippen LogP contribution in [0.15, 0.2) is 43.7 Å². The van der Waals surface area contributed by atoms with Gasteiger partial charge in [0.1, 0.15) is 5.76 Å². The van der Waals surface area contributed by atoms with Crippen LogP contribution in [0.3, 0.4) is 0 Å². The fraction of sp³-hybridized carbons (Fsp3) is 0.267. The van der Waals surface area contributed by atoms with Crippen LogP contribution in [0.5, 0.6) is 0 Å². The molecule has 1 atom stereocenters. The van der Waals surface area contributed by atoms with Gasteiger partial charge in [-0.2, -0.15) is 0 Å². The second-order valence-electron chi connectivity index (χ2n) is 4.39. The first-order chi connectivity index (χ1) is 10.0. The van der Waals surface area contributed by atoms with Crippen LogP contribution in [0.1, 0.15) is 34.8 Å². The van der Waals surface area contributed by atoms with Gasteiger partial charge in [-0.3, -0.25) is 0 Å². The molecule has 0 bridgehead atoms. The van der Waals surface area contributed by atoms with Crippen molar-refractivity contribution >= 4 is 37.8 Å². The Labute approximate surface area is 140 Å². The fourth-order valence-corrected chi connectivity index (χ4v) is 3.38. The van der Waals surface area contributed by atoms with Crippen LogP contribution in [0.2, 0.25) is 0 Å². The number of nitrogens with one attached hydrogen (secondary N) is 1. The summed E-state index contributed by atoms with van der Waals surface area (Å²) in [5.74, 6) is 0.388. The van der Waals surface area contributed by atoms with E-state index in [2.05, 4.69) is 41.9 Å². The van der Waals surface area contributed by atoms with Gasteiger partial charge in [-0.25, -0.2) is 4.79 Å². The summed E-state index contributed by atoms with van der Waals surface area (Å²) in [6.07, 6.45) is 0. The molecule has 1 N–H and O–H groups in total. The molecule has 0 saturated heterocycles. The summed E-state index contributed by atoms with van der Waals surface area (Å²) in [4.78, 5) is 11.5. The lowest BCUT2D eigenvalue weighted by molar-refractivity contribution is 0.0562. The number of halogens is 2. The quantitative estimate of drug-likeness (QED) is 0.738. The van der Waals surface area contributed by atoms with Crippen LogP contribution in [0, 0.1) is 0 Å². The molecular formula is C15H15Br2NO3. The van der Waals surface area contributed by atoms with Gasteiger partial charge in [0.25, 0.3) is 0 Å². The predicted molar refractivity (Wildman–Crippen MR) is 87.4 cm³/mol. The molecule has 2 aromatic rings. The van der Waals surface area contributed by atoms with E-state index in [1.54, 1.807) is 12.1 Å². The molecular weight excluding hydrogens is 402 g/mol. The Hall–Kier alpha value is -1.11. The molecule has 2 rings (SSSR count). The van der Waals surface area contributed by atoms with Gasteiger partial charge in [0.15, 0.2) is 0 Å². The zero-order valence-corrected chi connectivity index (χ0v) is 14.8. The molecule has 112 valence electrons. The second-order valence-corrected chi connectivity index (χ2v) is 6.22. The Balaban J connectivity index is 2.38. The highest BCUT2D eigenvalue weighted by Crippen LogP contribution is 2.29. The average Bonchev–Trinajstić information content (AvgIpc) is 2.92. The van der Waals surface area contributed by atoms with E-state index in [0.717, 1.165) is 21.1 Å². The molecule has 0 aliphatic carbocycles. The lowest BCUT2D eigenvalue weighted by Crippen LogP contribution is -2.21. The van der Waals surface area contributed by atoms with Crippen LogP contribution >= 0.6 is 31.9 Å². The van der Waals surface area contributed by atoms with E-state index in [1.807, 2.05) is 25.1 Å². The molecule has 1 aromatic carbocycles. The molecule has 1 unspecified atom stereocenters. The van der Waals surface area contributed by atoms with E-state index in [0.29, 0.717) is 5.76 Å². The van der Waals surface area contributed by atoms with Crippen molar-refractivity contribution < 1.29 is 13.9 Å². The lowest BCUT2D eigenvalue weighted by atomic mass is 10.0. The highest BCUT2D eigenvalue weighted by molar-refractivity contribution is 9.11. The lowest BCUT2D eigenvalue weighted by Gasteiger charge is -2.17. The minimum absolute atomic E-state index is 0.137. The summed E-state index contributed by atoms with van der Waals surface area (Å²) in [7, 11) is 1.33. The highest BCUT2D eigenvalue weighted by atomic mass is 79.9. The van der Waals surface area contributed by atoms with Crippen LogP contribution in [-0.2, 0) is 4.74 Å². The topological polar surface area (TPSA) is 51.5 Å². The molecule has 0 fully saturated rings. The van der Waals surface area contributed by atoms with Gasteiger partial charge in [0, 0.05) is 8.95 Å². The van der Waals surface area contributed by atoms with E-state index in [1.165, 1.54) is 7.11 Å². The number of benzene rings is 1. The maximum Gasteiger partial charge on any atom is 0.373 e. The van der Waals surface area contributed by atoms with Crippen LogP contribution in [0.25, 0.3) is 0 Å². The summed E-state index contributed by atoms with van der Waals surface area (Å²) in [6, 6.07) is 9.26. The number of hydrogen-bond donors (Lipinski definition) is 1. The zero-order valence-electron chi connectivity index (χ0n) is 11.7. The van der Waals surface area contributed by atoms with Gasteiger partial charge < -0.3 is 14.5 Å². The van der Waals surface area contributed by atoms with E-state index < -0.39 is 5.97 Å². The summed E-state index contributed by atoms with van der Waals surface area (Å²) < 4.78 is 12.2. The number of ether oxygens (including phenoxy) is 1. The van der Waals surface area contributed by atoms with Crippen molar-refractivity contribution in [2.24, 2.45) is 0 Å². The molecule has 0 aliphatic rings. The zero-order chi connectivity index (χ0) is 15.4. The largest absolute Gasteiger partial charge is 0.463 e. The predicted octanol–water partition coefficient (Wildman–Crippen LogP) is 4.29. The van der Waals surface area contributed by atoms with Gasteiger partial charge >= 0.3 is 5.97 Å². The van der Waals surface area contributed by atoms with Gasteiger partial charge in [-0.1, -0.05) is 38.8 Å². The van der Waals surface area contributed by atoms with Gasteiger partial charge in [-0.15, -0.1) is 0 Å². The van der Waals surface area contributed by atoms with Crippen molar-refractivity contribution in [1.29, 1.82) is 0 Å². The number of rotatable bonds is 5. The first-order valence-corrected chi connectivity index (χ1v) is 8.01. The monoisotopic (exact) mass is 415 g/mol. The normalized spacial score (nSPS) is 12.2. The van der Waals surface area contributed by atoms with Gasteiger partial charge in [-0.05, 0) is 42.4 Å². The number of carbonyl (C=O) groups excluding carboxylic acids is 1. The minimum Gasteiger partial charge on any atom is -0.463 e. The van der Waals surface area contributed by atoms with Crippen LogP contribution in [-0.4, -0.2) is 19.6 Å². The number of furan rings is 1. The summed E-state index contributed by atoms with van der Waals surface area (Å²) in [5.41, 5.74) is 1.03. The molecule has 1 aromatic heterocycles. The Morgan fingerprint density at radius 3 is 2.52 bits per heavy atom. The maximum absolute atomic E-state index is 11.5. The van der Waals surface area contributed by atoms with Gasteiger partial charge in [0.2, 0.25) is 5.76 Å². The molecule has 0 saturated carbocycles. The smallest absolute Gasteiger partial charge is 0.373 e. The maximum atomic E-state index is 11.5. The summed E-state index contributed by atoms with van der Waals surface area (Å²) in [5, 5.41) is 3.35. The molecule has 6 heteroatoms. The third-order valence-corrected chi connectivity index (χ3v) is 3.84. The van der Waals surface area contributed by atoms with Crippen LogP contribution in [0.4, 0.5) is 0 Å². The number of methoxy groups -OCH3 is 1. The second kappa shape index (κ2) is 7.24. The van der Waals surface area contributed by atoms with Gasteiger partial charge in [0.05, 0.1) is 13.2 Å². The standard InChI is InChI=1S/C15H15Br2NO3/c1-3-18-14(9-6-10(16)8-11(17)7-9)12-4-5-13(21-12)15(19)20-2/h4-8,14,18H,3H2,1-2H3. The SMILES string of the molecule is CCNC(c1cc(Br)cc(Br)c1)c1ccc(C(=O)OC)o1. The summed E-state index contributed by atoms with van der Waals surface area (Å²) >= 11 is 6.96. The summed E-state index contributed by atoms with van der Waals surface area (Å²) in [6.45, 7) is 2.78. The van der Waals surface area contributed by atoms with E-state index >= 15 is 0 Å². The van der Waals surface area contributed by atoms with Crippen molar-refractivity contribution in [3.8, 4) is 0 Å². The molecule has 4 nitrogen and oxygen atoms in total. The number of carbonyl (C=O) groups is 1. The Morgan fingerprint density at radius 1 is 1.29 bits per heavy atom. The van der Waals surface area contributed by atoms with Crippen molar-refractivity contribution in [2.75, 3.05) is 13.7 Å². The molecule has 1 heterocycles. The van der Waals surface area contributed by atoms with Crippen molar-refractivity contribution in [3.63, 3.8) is 0 Å². The Morgan fingerprint density at radius 2 is 1.95 bits per heavy atom. The fourth-order valence-electron chi connectivity index (χ4n) is 2.05. The number of hydrogen-bond acceptors (Lipinski definition) is 4. The average molecular weight is 417 g/mol. The molecule has 0 amide bonds. The Kier molecular flexibility index (Phi) is 5.61. The van der Waals surface area contributed by atoms with Crippen LogP contribution < -0.4 is 5.32 Å². The molecule has 0 radical (unpaired) electrons. The minimum atomic E-state index is -0.480. The highest BCUT2D eigenvalue weighted by Gasteiger charge is 2.20. The third kappa shape index (κ3) is 3.96. The van der Waals surface area contributed by atoms with E-state index in [4.69, 9.17) is 4.42 Å². The first kappa shape index (κ1) is 16.3. The van der Waals surface area contributed by atoms with Crippen molar-refractivity contribution in [1.82, 2.24) is 5.32 Å². The Bertz CT molecular complexity index is 619. The molecule has 0 spiro atoms. The number of esters is 1. The van der Waals surface area contributed by atoms with Crippen molar-refractivity contribution in [3.05, 3.63) is 56.4 Å². The first-order valence-electron chi connectivity index (χ1n) is 6.42. The van der Waals surface area contributed by atoms with Crippen molar-refractivity contribution in [2.45, 2.75) is 13.0 Å². The molecule has 0 aliphatic heterocycles.